The van der Waals surface area contributed by atoms with E-state index in [1.807, 2.05) is 0 Å². The maximum atomic E-state index is 6.22. The van der Waals surface area contributed by atoms with Gasteiger partial charge in [-0.2, -0.15) is 0 Å². The van der Waals surface area contributed by atoms with Crippen LogP contribution in [0.25, 0.3) is 120 Å². The van der Waals surface area contributed by atoms with Gasteiger partial charge in [0.2, 0.25) is 0 Å². The van der Waals surface area contributed by atoms with Crippen molar-refractivity contribution < 1.29 is 9.47 Å². The van der Waals surface area contributed by atoms with Gasteiger partial charge in [-0.1, -0.05) is 194 Å². The van der Waals surface area contributed by atoms with Gasteiger partial charge in [-0.3, -0.25) is 0 Å². The van der Waals surface area contributed by atoms with Crippen LogP contribution in [0.15, 0.2) is 218 Å². The van der Waals surface area contributed by atoms with Crippen LogP contribution in [-0.4, -0.2) is 14.2 Å². The highest BCUT2D eigenvalue weighted by molar-refractivity contribution is 6.24. The maximum Gasteiger partial charge on any atom is 0.127 e. The Kier molecular flexibility index (Phi) is 8.98. The number of hydrogen-bond acceptors (Lipinski definition) is 2. The predicted molar refractivity (Wildman–Crippen MR) is 272 cm³/mol. The molecule has 0 unspecified atom stereocenters. The molecular formula is C62H42O2. The first-order valence-corrected chi connectivity index (χ1v) is 21.9. The highest BCUT2D eigenvalue weighted by Crippen LogP contribution is 2.50. The van der Waals surface area contributed by atoms with Crippen molar-refractivity contribution in [2.75, 3.05) is 14.2 Å². The Bertz CT molecular complexity index is 3430. The molecule has 0 N–H and O–H groups in total. The number of benzene rings is 12. The fourth-order valence-corrected chi connectivity index (χ4v) is 10.5. The van der Waals surface area contributed by atoms with E-state index in [1.54, 1.807) is 14.2 Å². The Morgan fingerprint density at radius 3 is 0.797 bits per heavy atom. The second kappa shape index (κ2) is 15.3. The standard InChI is InChI=1S/C62H42O2/c1-63-55-35-31-41-37-43(59-51-25-13-9-21-47(51)57(39-17-5-3-6-18-39)48-22-10-14-26-52(48)59)29-33-45(41)61(55)62-46-34-30-44(38-42(46)32-36-56(62)64-2)60-53-27-15-11-23-49(53)58(40-19-7-4-8-20-40)50-24-12-16-28-54(50)60/h3-38H,1-2H3. The van der Waals surface area contributed by atoms with Gasteiger partial charge in [0, 0.05) is 11.1 Å². The lowest BCUT2D eigenvalue weighted by molar-refractivity contribution is 0.411. The molecule has 0 fully saturated rings. The van der Waals surface area contributed by atoms with Crippen molar-refractivity contribution in [3.63, 3.8) is 0 Å². The molecule has 302 valence electrons. The first-order chi connectivity index (χ1) is 31.7. The maximum absolute atomic E-state index is 6.22. The van der Waals surface area contributed by atoms with Crippen molar-refractivity contribution in [2.45, 2.75) is 0 Å². The minimum atomic E-state index is 0.798. The summed E-state index contributed by atoms with van der Waals surface area (Å²) < 4.78 is 12.4. The smallest absolute Gasteiger partial charge is 0.127 e. The van der Waals surface area contributed by atoms with Gasteiger partial charge in [0.05, 0.1) is 14.2 Å². The Labute approximate surface area is 372 Å². The third kappa shape index (κ3) is 5.87. The van der Waals surface area contributed by atoms with Crippen LogP contribution in [-0.2, 0) is 0 Å². The summed E-state index contributed by atoms with van der Waals surface area (Å²) in [6.45, 7) is 0. The van der Waals surface area contributed by atoms with Crippen LogP contribution in [0, 0.1) is 0 Å². The van der Waals surface area contributed by atoms with Crippen LogP contribution in [0.4, 0.5) is 0 Å². The molecule has 0 heterocycles. The second-order valence-electron chi connectivity index (χ2n) is 16.6. The van der Waals surface area contributed by atoms with E-state index in [4.69, 9.17) is 9.47 Å². The largest absolute Gasteiger partial charge is 0.496 e. The molecule has 64 heavy (non-hydrogen) atoms. The van der Waals surface area contributed by atoms with Crippen LogP contribution < -0.4 is 9.47 Å². The quantitative estimate of drug-likeness (QED) is 0.149. The highest BCUT2D eigenvalue weighted by Gasteiger charge is 2.22. The zero-order valence-corrected chi connectivity index (χ0v) is 35.6. The predicted octanol–water partition coefficient (Wildman–Crippen LogP) is 17.0. The van der Waals surface area contributed by atoms with Crippen molar-refractivity contribution in [2.24, 2.45) is 0 Å². The van der Waals surface area contributed by atoms with Crippen molar-refractivity contribution in [3.8, 4) is 67.1 Å². The summed E-state index contributed by atoms with van der Waals surface area (Å²) in [4.78, 5) is 0. The van der Waals surface area contributed by atoms with E-state index in [9.17, 15) is 0 Å². The fraction of sp³-hybridized carbons (Fsp3) is 0.0323. The molecule has 0 aliphatic carbocycles. The average molecular weight is 819 g/mol. The first kappa shape index (κ1) is 37.6. The lowest BCUT2D eigenvalue weighted by atomic mass is 9.84. The third-order valence-corrected chi connectivity index (χ3v) is 13.2. The topological polar surface area (TPSA) is 18.5 Å². The summed E-state index contributed by atoms with van der Waals surface area (Å²) >= 11 is 0. The molecule has 0 saturated carbocycles. The molecule has 12 rings (SSSR count). The van der Waals surface area contributed by atoms with E-state index >= 15 is 0 Å². The molecule has 12 aromatic carbocycles. The molecule has 0 spiro atoms. The van der Waals surface area contributed by atoms with E-state index in [0.717, 1.165) is 44.2 Å². The van der Waals surface area contributed by atoms with E-state index < -0.39 is 0 Å². The SMILES string of the molecule is COc1ccc2cc(-c3c4ccccc4c(-c4ccccc4)c4ccccc34)ccc2c1-c1c(OC)ccc2cc(-c3c4ccccc4c(-c4ccccc4)c4ccccc34)ccc12. The fourth-order valence-electron chi connectivity index (χ4n) is 10.5. The normalized spacial score (nSPS) is 11.6. The molecule has 2 heteroatoms. The molecule has 2 nitrogen and oxygen atoms in total. The number of rotatable bonds is 7. The molecule has 0 aromatic heterocycles. The monoisotopic (exact) mass is 818 g/mol. The zero-order chi connectivity index (χ0) is 42.7. The average Bonchev–Trinajstić information content (AvgIpc) is 3.36. The summed E-state index contributed by atoms with van der Waals surface area (Å²) in [5, 5.41) is 14.3. The van der Waals surface area contributed by atoms with E-state index in [0.29, 0.717) is 0 Å². The number of fused-ring (bicyclic) bond motifs is 6. The van der Waals surface area contributed by atoms with Crippen LogP contribution in [0.5, 0.6) is 11.5 Å². The van der Waals surface area contributed by atoms with Crippen molar-refractivity contribution >= 4 is 64.6 Å². The molecule has 0 saturated heterocycles. The lowest BCUT2D eigenvalue weighted by Gasteiger charge is -2.20. The van der Waals surface area contributed by atoms with Gasteiger partial charge in [-0.25, -0.2) is 0 Å². The third-order valence-electron chi connectivity index (χ3n) is 13.2. The van der Waals surface area contributed by atoms with Crippen molar-refractivity contribution in [1.82, 2.24) is 0 Å². The Morgan fingerprint density at radius 2 is 0.500 bits per heavy atom. The van der Waals surface area contributed by atoms with Crippen molar-refractivity contribution in [3.05, 3.63) is 218 Å². The summed E-state index contributed by atoms with van der Waals surface area (Å²) in [6, 6.07) is 79.3. The molecule has 0 atom stereocenters. The number of hydrogen-bond donors (Lipinski definition) is 0. The van der Waals surface area contributed by atoms with Gasteiger partial charge in [0.15, 0.2) is 0 Å². The van der Waals surface area contributed by atoms with Gasteiger partial charge in [0.25, 0.3) is 0 Å². The minimum Gasteiger partial charge on any atom is -0.496 e. The molecule has 0 aliphatic rings. The molecule has 0 bridgehead atoms. The second-order valence-corrected chi connectivity index (χ2v) is 16.6. The first-order valence-electron chi connectivity index (χ1n) is 21.9. The minimum absolute atomic E-state index is 0.798. The Morgan fingerprint density at radius 1 is 0.219 bits per heavy atom. The van der Waals surface area contributed by atoms with Gasteiger partial charge >= 0.3 is 0 Å². The van der Waals surface area contributed by atoms with Crippen LogP contribution in [0.2, 0.25) is 0 Å². The van der Waals surface area contributed by atoms with E-state index in [1.165, 1.54) is 87.6 Å². The zero-order valence-electron chi connectivity index (χ0n) is 35.6. The van der Waals surface area contributed by atoms with Gasteiger partial charge in [-0.15, -0.1) is 0 Å². The Balaban J connectivity index is 1.06. The summed E-state index contributed by atoms with van der Waals surface area (Å²) in [6.07, 6.45) is 0. The number of methoxy groups -OCH3 is 2. The summed E-state index contributed by atoms with van der Waals surface area (Å²) in [7, 11) is 3.52. The van der Waals surface area contributed by atoms with Crippen LogP contribution >= 0.6 is 0 Å². The molecular weight excluding hydrogens is 777 g/mol. The summed E-state index contributed by atoms with van der Waals surface area (Å²) in [5.41, 5.74) is 11.8. The van der Waals surface area contributed by atoms with Crippen LogP contribution in [0.1, 0.15) is 0 Å². The van der Waals surface area contributed by atoms with Gasteiger partial charge in [-0.05, 0) is 133 Å². The highest BCUT2D eigenvalue weighted by atomic mass is 16.5. The molecule has 0 aliphatic heterocycles. The molecule has 12 aromatic rings. The molecule has 0 amide bonds. The summed E-state index contributed by atoms with van der Waals surface area (Å²) in [5.74, 6) is 1.60. The van der Waals surface area contributed by atoms with E-state index in [2.05, 4.69) is 218 Å². The van der Waals surface area contributed by atoms with E-state index in [-0.39, 0.29) is 0 Å². The van der Waals surface area contributed by atoms with Crippen molar-refractivity contribution in [1.29, 1.82) is 0 Å². The number of ether oxygens (including phenoxy) is 2. The molecule has 0 radical (unpaired) electrons. The Hall–Kier alpha value is -8.20. The van der Waals surface area contributed by atoms with Gasteiger partial charge in [0.1, 0.15) is 11.5 Å². The lowest BCUT2D eigenvalue weighted by Crippen LogP contribution is -1.96. The van der Waals surface area contributed by atoms with Crippen LogP contribution in [0.3, 0.4) is 0 Å². The van der Waals surface area contributed by atoms with Gasteiger partial charge < -0.3 is 9.47 Å².